The standard InChI is InChI=1S/C22H22F3NO/c1-21(14-22(2,24)25,10-4-5-15-8-9-15)19(27)12-16-11-17-6-3-7-18(23)20(17)26-13-16/h3,6-7,11,13,15H,8-10,12,14H2,1-2H3. The lowest BCUT2D eigenvalue weighted by Crippen LogP contribution is -2.34. The van der Waals surface area contributed by atoms with Gasteiger partial charge in [-0.2, -0.15) is 0 Å². The molecule has 0 spiro atoms. The van der Waals surface area contributed by atoms with Crippen LogP contribution in [0.15, 0.2) is 30.5 Å². The summed E-state index contributed by atoms with van der Waals surface area (Å²) in [6.07, 6.45) is 3.05. The molecule has 1 aliphatic carbocycles. The highest BCUT2D eigenvalue weighted by Crippen LogP contribution is 2.37. The van der Waals surface area contributed by atoms with Gasteiger partial charge >= 0.3 is 0 Å². The highest BCUT2D eigenvalue weighted by molar-refractivity contribution is 5.88. The van der Waals surface area contributed by atoms with Crippen molar-refractivity contribution in [3.63, 3.8) is 0 Å². The topological polar surface area (TPSA) is 30.0 Å². The molecule has 3 rings (SSSR count). The van der Waals surface area contributed by atoms with Crippen molar-refractivity contribution in [1.82, 2.24) is 4.98 Å². The number of hydrogen-bond donors (Lipinski definition) is 0. The van der Waals surface area contributed by atoms with Crippen LogP contribution in [0, 0.1) is 29.0 Å². The number of carbonyl (C=O) groups is 1. The number of pyridine rings is 1. The maximum atomic E-state index is 13.7. The number of ketones is 1. The number of benzene rings is 1. The van der Waals surface area contributed by atoms with Gasteiger partial charge in [-0.05, 0) is 37.5 Å². The summed E-state index contributed by atoms with van der Waals surface area (Å²) in [5.41, 5.74) is -0.428. The van der Waals surface area contributed by atoms with E-state index in [1.807, 2.05) is 0 Å². The van der Waals surface area contributed by atoms with Crippen molar-refractivity contribution in [1.29, 1.82) is 0 Å². The highest BCUT2D eigenvalue weighted by atomic mass is 19.3. The first-order valence-electron chi connectivity index (χ1n) is 9.09. The van der Waals surface area contributed by atoms with Gasteiger partial charge in [0.1, 0.15) is 17.1 Å². The molecule has 5 heteroatoms. The number of halogens is 3. The summed E-state index contributed by atoms with van der Waals surface area (Å²) in [4.78, 5) is 17.0. The average molecular weight is 373 g/mol. The summed E-state index contributed by atoms with van der Waals surface area (Å²) in [6.45, 7) is 2.38. The second-order valence-electron chi connectivity index (χ2n) is 7.83. The van der Waals surface area contributed by atoms with Crippen LogP contribution in [-0.2, 0) is 11.2 Å². The normalized spacial score (nSPS) is 16.5. The first-order chi connectivity index (χ1) is 12.7. The number of nitrogens with zero attached hydrogens (tertiary/aromatic N) is 1. The molecule has 142 valence electrons. The minimum atomic E-state index is -2.96. The largest absolute Gasteiger partial charge is 0.299 e. The first kappa shape index (κ1) is 19.4. The van der Waals surface area contributed by atoms with Crippen LogP contribution in [0.4, 0.5) is 13.2 Å². The van der Waals surface area contributed by atoms with Gasteiger partial charge in [0, 0.05) is 42.2 Å². The van der Waals surface area contributed by atoms with Gasteiger partial charge in [-0.3, -0.25) is 9.78 Å². The number of carbonyl (C=O) groups excluding carboxylic acids is 1. The molecular formula is C22H22F3NO. The molecule has 1 aromatic carbocycles. The number of alkyl halides is 2. The highest BCUT2D eigenvalue weighted by Gasteiger charge is 2.40. The lowest BCUT2D eigenvalue weighted by molar-refractivity contribution is -0.132. The average Bonchev–Trinajstić information content (AvgIpc) is 3.37. The molecule has 27 heavy (non-hydrogen) atoms. The third-order valence-electron chi connectivity index (χ3n) is 4.82. The number of hydrogen-bond acceptors (Lipinski definition) is 2. The van der Waals surface area contributed by atoms with E-state index in [2.05, 4.69) is 16.8 Å². The molecule has 1 fully saturated rings. The SMILES string of the molecule is CC(F)(F)CC(C)(CC#CC1CC1)C(=O)Cc1cnc2c(F)cccc2c1. The first-order valence-corrected chi connectivity index (χ1v) is 9.09. The zero-order valence-electron chi connectivity index (χ0n) is 15.5. The fourth-order valence-electron chi connectivity index (χ4n) is 3.23. The molecule has 2 nitrogen and oxygen atoms in total. The Balaban J connectivity index is 1.81. The van der Waals surface area contributed by atoms with E-state index in [-0.39, 0.29) is 24.1 Å². The van der Waals surface area contributed by atoms with Gasteiger partial charge in [0.25, 0.3) is 0 Å². The van der Waals surface area contributed by atoms with Gasteiger partial charge in [-0.25, -0.2) is 13.2 Å². The molecule has 1 atom stereocenters. The fraction of sp³-hybridized carbons (Fsp3) is 0.455. The van der Waals surface area contributed by atoms with Crippen molar-refractivity contribution in [2.24, 2.45) is 11.3 Å². The number of Topliss-reactive ketones (excluding diaryl/α,β-unsaturated/α-hetero) is 1. The molecule has 0 N–H and O–H groups in total. The van der Waals surface area contributed by atoms with E-state index in [0.717, 1.165) is 19.8 Å². The van der Waals surface area contributed by atoms with Gasteiger partial charge < -0.3 is 0 Å². The van der Waals surface area contributed by atoms with Crippen molar-refractivity contribution in [3.8, 4) is 11.8 Å². The van der Waals surface area contributed by atoms with Crippen LogP contribution in [-0.4, -0.2) is 16.7 Å². The van der Waals surface area contributed by atoms with E-state index < -0.39 is 23.6 Å². The van der Waals surface area contributed by atoms with E-state index in [4.69, 9.17) is 0 Å². The van der Waals surface area contributed by atoms with Gasteiger partial charge in [-0.1, -0.05) is 25.0 Å². The maximum Gasteiger partial charge on any atom is 0.246 e. The summed E-state index contributed by atoms with van der Waals surface area (Å²) in [7, 11) is 0. The maximum absolute atomic E-state index is 13.7. The molecule has 1 aliphatic rings. The second-order valence-corrected chi connectivity index (χ2v) is 7.83. The molecule has 1 unspecified atom stereocenters. The van der Waals surface area contributed by atoms with Crippen LogP contribution >= 0.6 is 0 Å². The molecule has 0 radical (unpaired) electrons. The van der Waals surface area contributed by atoms with Crippen molar-refractivity contribution in [3.05, 3.63) is 41.8 Å². The Morgan fingerprint density at radius 1 is 1.30 bits per heavy atom. The van der Waals surface area contributed by atoms with Crippen LogP contribution in [0.5, 0.6) is 0 Å². The minimum Gasteiger partial charge on any atom is -0.299 e. The van der Waals surface area contributed by atoms with Crippen LogP contribution in [0.25, 0.3) is 10.9 Å². The Kier molecular flexibility index (Phi) is 5.28. The molecule has 0 saturated heterocycles. The smallest absolute Gasteiger partial charge is 0.246 e. The summed E-state index contributed by atoms with van der Waals surface area (Å²) in [5, 5.41) is 0.580. The van der Waals surface area contributed by atoms with Crippen LogP contribution < -0.4 is 0 Å². The van der Waals surface area contributed by atoms with Gasteiger partial charge in [0.05, 0.1) is 0 Å². The molecule has 1 saturated carbocycles. The monoisotopic (exact) mass is 373 g/mol. The van der Waals surface area contributed by atoms with Crippen molar-refractivity contribution < 1.29 is 18.0 Å². The molecule has 1 heterocycles. The van der Waals surface area contributed by atoms with Crippen LogP contribution in [0.2, 0.25) is 0 Å². The van der Waals surface area contributed by atoms with Crippen molar-refractivity contribution in [2.75, 3.05) is 0 Å². The predicted octanol–water partition coefficient (Wildman–Crippen LogP) is 5.34. The molecule has 0 amide bonds. The summed E-state index contributed by atoms with van der Waals surface area (Å²) < 4.78 is 41.2. The van der Waals surface area contributed by atoms with Crippen molar-refractivity contribution in [2.45, 2.75) is 51.9 Å². The Morgan fingerprint density at radius 3 is 2.70 bits per heavy atom. The minimum absolute atomic E-state index is 0.0306. The zero-order chi connectivity index (χ0) is 19.7. The summed E-state index contributed by atoms with van der Waals surface area (Å²) >= 11 is 0. The lowest BCUT2D eigenvalue weighted by atomic mass is 9.75. The van der Waals surface area contributed by atoms with Crippen LogP contribution in [0.1, 0.15) is 45.1 Å². The van der Waals surface area contributed by atoms with Crippen molar-refractivity contribution >= 4 is 16.7 Å². The van der Waals surface area contributed by atoms with Crippen LogP contribution in [0.3, 0.4) is 0 Å². The predicted molar refractivity (Wildman–Crippen MR) is 98.9 cm³/mol. The Hall–Kier alpha value is -2.35. The fourth-order valence-corrected chi connectivity index (χ4v) is 3.23. The van der Waals surface area contributed by atoms with Gasteiger partial charge in [0.2, 0.25) is 5.92 Å². The lowest BCUT2D eigenvalue weighted by Gasteiger charge is -2.29. The number of aromatic nitrogens is 1. The Bertz CT molecular complexity index is 919. The van der Waals surface area contributed by atoms with E-state index in [1.165, 1.54) is 12.3 Å². The van der Waals surface area contributed by atoms with Gasteiger partial charge in [0.15, 0.2) is 0 Å². The third kappa shape index (κ3) is 5.09. The zero-order valence-corrected chi connectivity index (χ0v) is 15.5. The van der Waals surface area contributed by atoms with Gasteiger partial charge in [-0.15, -0.1) is 5.92 Å². The number of fused-ring (bicyclic) bond motifs is 1. The molecule has 1 aromatic heterocycles. The van der Waals surface area contributed by atoms with E-state index >= 15 is 0 Å². The molecular weight excluding hydrogens is 351 g/mol. The summed E-state index contributed by atoms with van der Waals surface area (Å²) in [5.74, 6) is 2.65. The molecule has 0 aliphatic heterocycles. The Morgan fingerprint density at radius 2 is 2.04 bits per heavy atom. The second kappa shape index (κ2) is 7.34. The number of rotatable bonds is 6. The van der Waals surface area contributed by atoms with E-state index in [1.54, 1.807) is 25.1 Å². The third-order valence-corrected chi connectivity index (χ3v) is 4.82. The quantitative estimate of drug-likeness (QED) is 0.640. The molecule has 0 bridgehead atoms. The number of para-hydroxylation sites is 1. The Labute approximate surface area is 157 Å². The summed E-state index contributed by atoms with van der Waals surface area (Å²) in [6, 6.07) is 6.28. The van der Waals surface area contributed by atoms with E-state index in [9.17, 15) is 18.0 Å². The van der Waals surface area contributed by atoms with E-state index in [0.29, 0.717) is 16.9 Å². The molecule has 2 aromatic rings.